The lowest BCUT2D eigenvalue weighted by molar-refractivity contribution is 0.0635. The molecule has 0 spiro atoms. The minimum absolute atomic E-state index is 0.211. The van der Waals surface area contributed by atoms with Gasteiger partial charge in [-0.1, -0.05) is 13.8 Å². The van der Waals surface area contributed by atoms with Crippen LogP contribution in [0.15, 0.2) is 18.3 Å². The molecule has 0 bridgehead atoms. The van der Waals surface area contributed by atoms with Crippen LogP contribution in [0.25, 0.3) is 0 Å². The Kier molecular flexibility index (Phi) is 2.93. The summed E-state index contributed by atoms with van der Waals surface area (Å²) in [5.74, 6) is -0.428. The lowest BCUT2D eigenvalue weighted by atomic mass is 10.1. The molecular formula is C12H15N3O2. The van der Waals surface area contributed by atoms with Crippen LogP contribution in [0.2, 0.25) is 0 Å². The van der Waals surface area contributed by atoms with Gasteiger partial charge in [0.1, 0.15) is 5.69 Å². The molecule has 2 heterocycles. The molecule has 17 heavy (non-hydrogen) atoms. The molecule has 0 aromatic carbocycles. The topological polar surface area (TPSA) is 76.3 Å². The van der Waals surface area contributed by atoms with Crippen molar-refractivity contribution in [1.29, 1.82) is 0 Å². The van der Waals surface area contributed by atoms with Gasteiger partial charge in [0.05, 0.1) is 5.56 Å². The molecule has 1 aliphatic heterocycles. The van der Waals surface area contributed by atoms with Crippen LogP contribution >= 0.6 is 0 Å². The zero-order valence-electron chi connectivity index (χ0n) is 9.88. The molecule has 2 N–H and O–H groups in total. The average molecular weight is 233 g/mol. The number of carbonyl (C=O) groups excluding carboxylic acids is 2. The number of nitrogens with two attached hydrogens (primary N) is 1. The Balaban J connectivity index is 2.25. The highest BCUT2D eigenvalue weighted by Gasteiger charge is 2.37. The highest BCUT2D eigenvalue weighted by Crippen LogP contribution is 2.20. The van der Waals surface area contributed by atoms with Gasteiger partial charge < -0.3 is 5.73 Å². The number of aromatic nitrogens is 1. The highest BCUT2D eigenvalue weighted by molar-refractivity contribution is 6.20. The van der Waals surface area contributed by atoms with Gasteiger partial charge in [-0.05, 0) is 18.1 Å². The number of carbonyl (C=O) groups is 2. The van der Waals surface area contributed by atoms with Crippen LogP contribution in [0.4, 0.5) is 0 Å². The van der Waals surface area contributed by atoms with Crippen molar-refractivity contribution in [3.8, 4) is 0 Å². The maximum atomic E-state index is 12.0. The zero-order valence-corrected chi connectivity index (χ0v) is 9.88. The quantitative estimate of drug-likeness (QED) is 0.778. The lowest BCUT2D eigenvalue weighted by Crippen LogP contribution is -2.43. The van der Waals surface area contributed by atoms with E-state index in [4.69, 9.17) is 5.73 Å². The number of fused-ring (bicyclic) bond motifs is 1. The Morgan fingerprint density at radius 3 is 2.65 bits per heavy atom. The van der Waals surface area contributed by atoms with E-state index < -0.39 is 0 Å². The van der Waals surface area contributed by atoms with Crippen LogP contribution in [-0.4, -0.2) is 34.3 Å². The first-order valence-corrected chi connectivity index (χ1v) is 5.59. The molecule has 0 saturated carbocycles. The molecule has 1 aromatic rings. The van der Waals surface area contributed by atoms with Crippen molar-refractivity contribution in [3.05, 3.63) is 29.6 Å². The molecular weight excluding hydrogens is 218 g/mol. The van der Waals surface area contributed by atoms with E-state index in [-0.39, 0.29) is 36.0 Å². The number of nitrogens with zero attached hydrogens (tertiary/aromatic N) is 2. The zero-order chi connectivity index (χ0) is 12.6. The van der Waals surface area contributed by atoms with E-state index in [1.54, 1.807) is 12.1 Å². The summed E-state index contributed by atoms with van der Waals surface area (Å²) in [6.07, 6.45) is 1.51. The van der Waals surface area contributed by atoms with Crippen molar-refractivity contribution >= 4 is 11.8 Å². The SMILES string of the molecule is CC(C)C(N)CN1C(=O)c2cccnc2C1=O. The van der Waals surface area contributed by atoms with Gasteiger partial charge in [-0.2, -0.15) is 0 Å². The summed E-state index contributed by atoms with van der Waals surface area (Å²) in [5.41, 5.74) is 6.49. The summed E-state index contributed by atoms with van der Waals surface area (Å²) in [5, 5.41) is 0. The van der Waals surface area contributed by atoms with E-state index in [2.05, 4.69) is 4.98 Å². The fourth-order valence-electron chi connectivity index (χ4n) is 1.70. The standard InChI is InChI=1S/C12H15N3O2/c1-7(2)9(13)6-15-11(16)8-4-3-5-14-10(8)12(15)17/h3-5,7,9H,6,13H2,1-2H3. The molecule has 1 aromatic heterocycles. The summed E-state index contributed by atoms with van der Waals surface area (Å²) < 4.78 is 0. The van der Waals surface area contributed by atoms with Gasteiger partial charge in [-0.3, -0.25) is 19.5 Å². The molecule has 2 rings (SSSR count). The summed E-state index contributed by atoms with van der Waals surface area (Å²) in [7, 11) is 0. The van der Waals surface area contributed by atoms with Crippen molar-refractivity contribution in [3.63, 3.8) is 0 Å². The minimum atomic E-state index is -0.346. The Hall–Kier alpha value is -1.75. The van der Waals surface area contributed by atoms with Gasteiger partial charge in [0.2, 0.25) is 0 Å². The van der Waals surface area contributed by atoms with Crippen LogP contribution < -0.4 is 5.73 Å². The second-order valence-electron chi connectivity index (χ2n) is 4.53. The first kappa shape index (κ1) is 11.7. The number of amides is 2. The molecule has 1 aliphatic rings. The fraction of sp³-hybridized carbons (Fsp3) is 0.417. The predicted molar refractivity (Wildman–Crippen MR) is 62.4 cm³/mol. The van der Waals surface area contributed by atoms with E-state index in [1.807, 2.05) is 13.8 Å². The molecule has 90 valence electrons. The largest absolute Gasteiger partial charge is 0.326 e. The van der Waals surface area contributed by atoms with Crippen LogP contribution in [0.5, 0.6) is 0 Å². The normalized spacial score (nSPS) is 16.6. The van der Waals surface area contributed by atoms with Crippen LogP contribution in [0, 0.1) is 5.92 Å². The number of imide groups is 1. The van der Waals surface area contributed by atoms with Crippen LogP contribution in [0.3, 0.4) is 0 Å². The van der Waals surface area contributed by atoms with Gasteiger partial charge in [0.15, 0.2) is 0 Å². The summed E-state index contributed by atoms with van der Waals surface area (Å²) >= 11 is 0. The Bertz CT molecular complexity index is 436. The average Bonchev–Trinajstić information content (AvgIpc) is 2.55. The molecule has 1 atom stereocenters. The third-order valence-corrected chi connectivity index (χ3v) is 2.98. The molecule has 0 aliphatic carbocycles. The van der Waals surface area contributed by atoms with Gasteiger partial charge >= 0.3 is 0 Å². The molecule has 0 fully saturated rings. The van der Waals surface area contributed by atoms with Gasteiger partial charge in [-0.15, -0.1) is 0 Å². The van der Waals surface area contributed by atoms with E-state index in [9.17, 15) is 9.59 Å². The van der Waals surface area contributed by atoms with E-state index in [0.29, 0.717) is 5.56 Å². The van der Waals surface area contributed by atoms with E-state index >= 15 is 0 Å². The molecule has 0 saturated heterocycles. The Morgan fingerprint density at radius 1 is 1.35 bits per heavy atom. The molecule has 5 heteroatoms. The number of hydrogen-bond donors (Lipinski definition) is 1. The monoisotopic (exact) mass is 233 g/mol. The maximum absolute atomic E-state index is 12.0. The molecule has 2 amide bonds. The molecule has 5 nitrogen and oxygen atoms in total. The summed E-state index contributed by atoms with van der Waals surface area (Å²) in [6.45, 7) is 4.16. The second-order valence-corrected chi connectivity index (χ2v) is 4.53. The number of pyridine rings is 1. The van der Waals surface area contributed by atoms with Crippen molar-refractivity contribution in [1.82, 2.24) is 9.88 Å². The fourth-order valence-corrected chi connectivity index (χ4v) is 1.70. The Labute approximate surface area is 99.6 Å². The van der Waals surface area contributed by atoms with Crippen LogP contribution in [0.1, 0.15) is 34.7 Å². The van der Waals surface area contributed by atoms with Crippen molar-refractivity contribution in [2.45, 2.75) is 19.9 Å². The van der Waals surface area contributed by atoms with Gasteiger partial charge in [0.25, 0.3) is 11.8 Å². The van der Waals surface area contributed by atoms with Crippen molar-refractivity contribution in [2.75, 3.05) is 6.54 Å². The number of rotatable bonds is 3. The summed E-state index contributed by atoms with van der Waals surface area (Å²) in [6, 6.07) is 3.05. The van der Waals surface area contributed by atoms with Crippen molar-refractivity contribution < 1.29 is 9.59 Å². The molecule has 1 unspecified atom stereocenters. The third kappa shape index (κ3) is 1.93. The van der Waals surface area contributed by atoms with E-state index in [1.165, 1.54) is 11.1 Å². The second kappa shape index (κ2) is 4.25. The maximum Gasteiger partial charge on any atom is 0.280 e. The van der Waals surface area contributed by atoms with Crippen LogP contribution in [-0.2, 0) is 0 Å². The van der Waals surface area contributed by atoms with Gasteiger partial charge in [-0.25, -0.2) is 0 Å². The summed E-state index contributed by atoms with van der Waals surface area (Å²) in [4.78, 5) is 29.1. The van der Waals surface area contributed by atoms with Crippen molar-refractivity contribution in [2.24, 2.45) is 11.7 Å². The Morgan fingerprint density at radius 2 is 2.06 bits per heavy atom. The first-order valence-electron chi connectivity index (χ1n) is 5.59. The lowest BCUT2D eigenvalue weighted by Gasteiger charge is -2.21. The minimum Gasteiger partial charge on any atom is -0.326 e. The highest BCUT2D eigenvalue weighted by atomic mass is 16.2. The number of hydrogen-bond acceptors (Lipinski definition) is 4. The van der Waals surface area contributed by atoms with E-state index in [0.717, 1.165) is 0 Å². The third-order valence-electron chi connectivity index (χ3n) is 2.98. The smallest absolute Gasteiger partial charge is 0.280 e. The van der Waals surface area contributed by atoms with Gasteiger partial charge in [0, 0.05) is 18.8 Å². The first-order chi connectivity index (χ1) is 8.02. The molecule has 0 radical (unpaired) electrons. The predicted octanol–water partition coefficient (Wildman–Crippen LogP) is 0.661.